The summed E-state index contributed by atoms with van der Waals surface area (Å²) < 4.78 is 48.7. The van der Waals surface area contributed by atoms with E-state index in [-0.39, 0.29) is 45.9 Å². The fourth-order valence-electron chi connectivity index (χ4n) is 3.72. The van der Waals surface area contributed by atoms with Crippen molar-refractivity contribution in [3.63, 3.8) is 0 Å². The number of benzene rings is 2. The van der Waals surface area contributed by atoms with Crippen LogP contribution in [0, 0.1) is 19.3 Å². The van der Waals surface area contributed by atoms with E-state index in [2.05, 4.69) is 10.2 Å². The molecule has 152 valence electrons. The molecule has 1 heterocycles. The molecular formula is C22H19FN4O2S. The number of nitrogens with zero attached hydrogens (tertiary/aromatic N) is 3. The average Bonchev–Trinajstić information content (AvgIpc) is 3.00. The number of hydrogen-bond acceptors (Lipinski definition) is 3. The zero-order valence-corrected chi connectivity index (χ0v) is 17.0. The van der Waals surface area contributed by atoms with Crippen LogP contribution in [-0.2, 0) is 4.79 Å². The largest absolute Gasteiger partial charge is 0.355 e. The minimum atomic E-state index is -1.28. The molecule has 2 aliphatic rings. The van der Waals surface area contributed by atoms with E-state index in [1.54, 1.807) is 0 Å². The van der Waals surface area contributed by atoms with E-state index < -0.39 is 34.8 Å². The number of halogens is 1. The number of thiocarbonyl (C=S) groups is 1. The van der Waals surface area contributed by atoms with Gasteiger partial charge in [-0.2, -0.15) is 0 Å². The highest BCUT2D eigenvalue weighted by Crippen LogP contribution is 2.48. The topological polar surface area (TPSA) is 57.0 Å². The van der Waals surface area contributed by atoms with Crippen molar-refractivity contribution in [2.24, 2.45) is 0 Å². The van der Waals surface area contributed by atoms with Crippen LogP contribution >= 0.6 is 12.2 Å². The number of carbonyl (C=O) groups excluding carboxylic acids is 2. The summed E-state index contributed by atoms with van der Waals surface area (Å²) in [5.41, 5.74) is -1.72. The molecule has 0 bridgehead atoms. The smallest absolute Gasteiger partial charge is 0.259 e. The van der Waals surface area contributed by atoms with Gasteiger partial charge < -0.3 is 10.2 Å². The van der Waals surface area contributed by atoms with Crippen molar-refractivity contribution in [1.29, 1.82) is 0 Å². The van der Waals surface area contributed by atoms with Crippen molar-refractivity contribution in [2.45, 2.75) is 31.7 Å². The van der Waals surface area contributed by atoms with Gasteiger partial charge in [0.1, 0.15) is 11.4 Å². The molecule has 1 spiro atoms. The summed E-state index contributed by atoms with van der Waals surface area (Å²) in [6.07, 6.45) is 1.29. The number of hydrogen-bond donors (Lipinski definition) is 1. The van der Waals surface area contributed by atoms with Crippen molar-refractivity contribution in [3.8, 4) is 0 Å². The first-order valence-electron chi connectivity index (χ1n) is 11.2. The number of anilines is 2. The Hall–Kier alpha value is -3.31. The van der Waals surface area contributed by atoms with Crippen LogP contribution in [0.5, 0.6) is 0 Å². The second-order valence-electron chi connectivity index (χ2n) is 7.10. The molecule has 30 heavy (non-hydrogen) atoms. The molecule has 1 saturated heterocycles. The van der Waals surface area contributed by atoms with Crippen molar-refractivity contribution < 1.29 is 19.5 Å². The SMILES string of the molecule is [2H]c1cc([N+]#[C-])c(C)c([2H])c1N1C(=O)C2(CCC2)N(c2c([2H])cc(C(=O)NC)c(F)c2[2H])C1=S. The first kappa shape index (κ1) is 15.5. The Morgan fingerprint density at radius 3 is 2.63 bits per heavy atom. The number of rotatable bonds is 3. The quantitative estimate of drug-likeness (QED) is 0.593. The molecule has 0 atom stereocenters. The Morgan fingerprint density at radius 2 is 2.03 bits per heavy atom. The summed E-state index contributed by atoms with van der Waals surface area (Å²) in [4.78, 5) is 31.3. The molecule has 1 aliphatic heterocycles. The standard InChI is InChI=1S/C22H19FN4O2S/c1-13-11-14(6-8-18(13)24-2)26-20(29)22(9-4-10-22)27(21(26)30)15-5-7-16(17(23)12-15)19(28)25-3/h5-8,11-12H,4,9-10H2,1,3H3,(H,25,28)/i5D,6D,11D,12D. The number of carbonyl (C=O) groups is 2. The predicted molar refractivity (Wildman–Crippen MR) is 116 cm³/mol. The van der Waals surface area contributed by atoms with Crippen LogP contribution in [0.15, 0.2) is 36.3 Å². The van der Waals surface area contributed by atoms with Gasteiger partial charge in [0.2, 0.25) is 0 Å². The summed E-state index contributed by atoms with van der Waals surface area (Å²) in [7, 11) is 1.30. The molecule has 1 saturated carbocycles. The van der Waals surface area contributed by atoms with E-state index >= 15 is 4.39 Å². The minimum Gasteiger partial charge on any atom is -0.355 e. The van der Waals surface area contributed by atoms with E-state index in [0.717, 1.165) is 11.0 Å². The van der Waals surface area contributed by atoms with Crippen molar-refractivity contribution in [2.75, 3.05) is 16.8 Å². The lowest BCUT2D eigenvalue weighted by molar-refractivity contribution is -0.123. The summed E-state index contributed by atoms with van der Waals surface area (Å²) in [6.45, 7) is 8.79. The van der Waals surface area contributed by atoms with Crippen LogP contribution in [0.25, 0.3) is 4.85 Å². The highest BCUT2D eigenvalue weighted by atomic mass is 32.1. The third-order valence-corrected chi connectivity index (χ3v) is 5.85. The van der Waals surface area contributed by atoms with Gasteiger partial charge >= 0.3 is 0 Å². The molecule has 0 aromatic heterocycles. The molecule has 2 amide bonds. The van der Waals surface area contributed by atoms with Gasteiger partial charge in [-0.1, -0.05) is 6.07 Å². The summed E-state index contributed by atoms with van der Waals surface area (Å²) in [5, 5.41) is 2.08. The second kappa shape index (κ2) is 7.18. The van der Waals surface area contributed by atoms with Crippen LogP contribution in [-0.4, -0.2) is 29.5 Å². The second-order valence-corrected chi connectivity index (χ2v) is 7.46. The van der Waals surface area contributed by atoms with Crippen molar-refractivity contribution in [1.82, 2.24) is 5.32 Å². The zero-order valence-electron chi connectivity index (χ0n) is 20.2. The highest BCUT2D eigenvalue weighted by Gasteiger charge is 2.59. The lowest BCUT2D eigenvalue weighted by atomic mass is 9.75. The maximum atomic E-state index is 15.0. The van der Waals surface area contributed by atoms with Crippen molar-refractivity contribution >= 4 is 46.2 Å². The van der Waals surface area contributed by atoms with Gasteiger partial charge in [0, 0.05) is 18.4 Å². The third kappa shape index (κ3) is 2.77. The van der Waals surface area contributed by atoms with E-state index in [4.69, 9.17) is 24.3 Å². The van der Waals surface area contributed by atoms with Gasteiger partial charge in [-0.25, -0.2) is 9.24 Å². The molecule has 4 rings (SSSR count). The third-order valence-electron chi connectivity index (χ3n) is 5.49. The highest BCUT2D eigenvalue weighted by molar-refractivity contribution is 7.81. The number of nitrogens with one attached hydrogen (secondary N) is 1. The lowest BCUT2D eigenvalue weighted by Crippen LogP contribution is -2.55. The Labute approximate surface area is 184 Å². The van der Waals surface area contributed by atoms with Gasteiger partial charge in [-0.05, 0) is 74.2 Å². The fraction of sp³-hybridized carbons (Fsp3) is 0.273. The Kier molecular flexibility index (Phi) is 3.72. The summed E-state index contributed by atoms with van der Waals surface area (Å²) >= 11 is 5.58. The van der Waals surface area contributed by atoms with E-state index in [1.807, 2.05) is 0 Å². The van der Waals surface area contributed by atoms with Crippen LogP contribution in [0.1, 0.15) is 40.7 Å². The van der Waals surface area contributed by atoms with E-state index in [0.29, 0.717) is 19.3 Å². The minimum absolute atomic E-state index is 0.103. The maximum Gasteiger partial charge on any atom is 0.259 e. The molecule has 6 nitrogen and oxygen atoms in total. The first-order chi connectivity index (χ1) is 16.0. The molecule has 0 radical (unpaired) electrons. The lowest BCUT2D eigenvalue weighted by Gasteiger charge is -2.43. The molecule has 2 aromatic carbocycles. The van der Waals surface area contributed by atoms with Crippen LogP contribution < -0.4 is 15.1 Å². The monoisotopic (exact) mass is 426 g/mol. The van der Waals surface area contributed by atoms with Gasteiger partial charge in [0.15, 0.2) is 10.8 Å². The molecule has 1 N–H and O–H groups in total. The maximum absolute atomic E-state index is 15.0. The van der Waals surface area contributed by atoms with Gasteiger partial charge in [-0.15, -0.1) is 0 Å². The summed E-state index contributed by atoms with van der Waals surface area (Å²) in [6, 6.07) is 0.696. The molecule has 0 unspecified atom stereocenters. The molecule has 2 fully saturated rings. The van der Waals surface area contributed by atoms with Crippen LogP contribution in [0.2, 0.25) is 0 Å². The Bertz CT molecular complexity index is 1340. The average molecular weight is 427 g/mol. The molecule has 1 aliphatic carbocycles. The fourth-order valence-corrected chi connectivity index (χ4v) is 4.16. The molecular weight excluding hydrogens is 403 g/mol. The van der Waals surface area contributed by atoms with Gasteiger partial charge in [-0.3, -0.25) is 14.5 Å². The Balaban J connectivity index is 1.93. The molecule has 8 heteroatoms. The molecule has 2 aromatic rings. The first-order valence-corrected chi connectivity index (χ1v) is 9.61. The zero-order chi connectivity index (χ0) is 25.1. The van der Waals surface area contributed by atoms with Crippen LogP contribution in [0.3, 0.4) is 0 Å². The van der Waals surface area contributed by atoms with E-state index in [1.165, 1.54) is 24.9 Å². The normalized spacial score (nSPS) is 19.0. The van der Waals surface area contributed by atoms with E-state index in [9.17, 15) is 9.59 Å². The Morgan fingerprint density at radius 1 is 1.33 bits per heavy atom. The predicted octanol–water partition coefficient (Wildman–Crippen LogP) is 4.11. The van der Waals surface area contributed by atoms with Gasteiger partial charge in [0.25, 0.3) is 11.8 Å². The van der Waals surface area contributed by atoms with Crippen molar-refractivity contribution in [3.05, 3.63) is 64.7 Å². The summed E-state index contributed by atoms with van der Waals surface area (Å²) in [5.74, 6) is -2.47. The number of amides is 2. The van der Waals surface area contributed by atoms with Crippen LogP contribution in [0.4, 0.5) is 21.5 Å². The van der Waals surface area contributed by atoms with Gasteiger partial charge in [0.05, 0.1) is 17.6 Å².